The third-order valence-corrected chi connectivity index (χ3v) is 4.46. The molecule has 0 unspecified atom stereocenters. The molecule has 0 aliphatic heterocycles. The number of unbranched alkanes of at least 4 members (excludes halogenated alkanes) is 6. The highest BCUT2D eigenvalue weighted by molar-refractivity contribution is 5.93. The Morgan fingerprint density at radius 3 is 2.32 bits per heavy atom. The molecule has 0 spiro atoms. The Bertz CT molecular complexity index is 659. The molecule has 0 saturated heterocycles. The zero-order valence-corrected chi connectivity index (χ0v) is 17.3. The number of aromatic carboxylic acids is 1. The second-order valence-corrected chi connectivity index (χ2v) is 6.96. The maximum atomic E-state index is 11.6. The second kappa shape index (κ2) is 14.7. The maximum Gasteiger partial charge on any atom is 0.339 e. The molecule has 0 saturated carbocycles. The smallest absolute Gasteiger partial charge is 0.339 e. The molecule has 28 heavy (non-hydrogen) atoms. The van der Waals surface area contributed by atoms with Gasteiger partial charge in [-0.1, -0.05) is 69.0 Å². The van der Waals surface area contributed by atoms with Gasteiger partial charge in [0.2, 0.25) is 0 Å². The van der Waals surface area contributed by atoms with Gasteiger partial charge in [0, 0.05) is 6.92 Å². The number of carbonyl (C=O) groups is 2. The third-order valence-electron chi connectivity index (χ3n) is 4.46. The molecule has 0 aliphatic carbocycles. The van der Waals surface area contributed by atoms with Gasteiger partial charge < -0.3 is 9.84 Å². The number of allylic oxidation sites excluding steroid dienone is 4. The largest absolute Gasteiger partial charge is 0.478 e. The molecule has 154 valence electrons. The molecule has 0 bridgehead atoms. The van der Waals surface area contributed by atoms with Crippen molar-refractivity contribution in [1.29, 1.82) is 0 Å². The number of esters is 1. The molecule has 4 nitrogen and oxygen atoms in total. The summed E-state index contributed by atoms with van der Waals surface area (Å²) in [6.07, 6.45) is 19.7. The molecule has 0 fully saturated rings. The van der Waals surface area contributed by atoms with Crippen LogP contribution in [0.25, 0.3) is 0 Å². The van der Waals surface area contributed by atoms with Crippen molar-refractivity contribution in [2.75, 3.05) is 0 Å². The van der Waals surface area contributed by atoms with E-state index in [1.165, 1.54) is 32.3 Å². The molecule has 0 atom stereocenters. The minimum absolute atomic E-state index is 0.107. The molecule has 0 aliphatic rings. The molecule has 0 radical (unpaired) electrons. The Kier molecular flexibility index (Phi) is 12.4. The van der Waals surface area contributed by atoms with Gasteiger partial charge in [0.05, 0.1) is 0 Å². The minimum atomic E-state index is -1.05. The van der Waals surface area contributed by atoms with E-state index < -0.39 is 11.9 Å². The number of ether oxygens (including phenoxy) is 1. The fourth-order valence-corrected chi connectivity index (χ4v) is 3.05. The normalized spacial score (nSPS) is 11.4. The monoisotopic (exact) mass is 386 g/mol. The fourth-order valence-electron chi connectivity index (χ4n) is 3.05. The van der Waals surface area contributed by atoms with Crippen LogP contribution in [0.3, 0.4) is 0 Å². The zero-order chi connectivity index (χ0) is 20.6. The van der Waals surface area contributed by atoms with Crippen LogP contribution in [0, 0.1) is 0 Å². The topological polar surface area (TPSA) is 63.6 Å². The van der Waals surface area contributed by atoms with Crippen LogP contribution in [-0.4, -0.2) is 17.0 Å². The van der Waals surface area contributed by atoms with Crippen molar-refractivity contribution in [2.45, 2.75) is 78.1 Å². The minimum Gasteiger partial charge on any atom is -0.478 e. The van der Waals surface area contributed by atoms with Crippen LogP contribution in [0.1, 0.15) is 87.6 Å². The number of hydrogen-bond donors (Lipinski definition) is 1. The Balaban J connectivity index is 2.27. The van der Waals surface area contributed by atoms with Gasteiger partial charge in [-0.25, -0.2) is 4.79 Å². The highest BCUT2D eigenvalue weighted by Gasteiger charge is 2.17. The first-order valence-corrected chi connectivity index (χ1v) is 10.4. The molecule has 1 N–H and O–H groups in total. The van der Waals surface area contributed by atoms with Crippen molar-refractivity contribution in [3.8, 4) is 5.75 Å². The van der Waals surface area contributed by atoms with Gasteiger partial charge in [-0.2, -0.15) is 0 Å². The van der Waals surface area contributed by atoms with E-state index >= 15 is 0 Å². The third kappa shape index (κ3) is 10.1. The highest BCUT2D eigenvalue weighted by Crippen LogP contribution is 2.24. The van der Waals surface area contributed by atoms with Crippen molar-refractivity contribution < 1.29 is 19.4 Å². The lowest BCUT2D eigenvalue weighted by atomic mass is 9.99. The molecule has 0 amide bonds. The van der Waals surface area contributed by atoms with Gasteiger partial charge >= 0.3 is 11.9 Å². The van der Waals surface area contributed by atoms with Crippen LogP contribution in [0.5, 0.6) is 5.75 Å². The molecule has 0 heterocycles. The SMILES string of the molecule is CCCC=CCC=CCCCCCCCc1cccc(OC(C)=O)c1C(=O)O. The molecule has 1 aromatic carbocycles. The van der Waals surface area contributed by atoms with Gasteiger partial charge in [0.25, 0.3) is 0 Å². The number of carboxylic acids is 1. The van der Waals surface area contributed by atoms with E-state index in [9.17, 15) is 14.7 Å². The van der Waals surface area contributed by atoms with Crippen LogP contribution >= 0.6 is 0 Å². The van der Waals surface area contributed by atoms with Crippen LogP contribution in [0.4, 0.5) is 0 Å². The molecule has 0 aromatic heterocycles. The number of hydrogen-bond acceptors (Lipinski definition) is 3. The van der Waals surface area contributed by atoms with Gasteiger partial charge in [-0.05, 0) is 50.2 Å². The summed E-state index contributed by atoms with van der Waals surface area (Å²) in [5.41, 5.74) is 0.834. The number of benzene rings is 1. The highest BCUT2D eigenvalue weighted by atomic mass is 16.5. The molecular formula is C24H34O4. The van der Waals surface area contributed by atoms with E-state index in [0.717, 1.165) is 44.1 Å². The van der Waals surface area contributed by atoms with Crippen LogP contribution in [0.15, 0.2) is 42.5 Å². The Labute approximate surface area is 169 Å². The zero-order valence-electron chi connectivity index (χ0n) is 17.3. The van der Waals surface area contributed by atoms with E-state index in [1.807, 2.05) is 0 Å². The average Bonchev–Trinajstić information content (AvgIpc) is 2.65. The van der Waals surface area contributed by atoms with E-state index in [4.69, 9.17) is 4.74 Å². The van der Waals surface area contributed by atoms with Gasteiger partial charge in [-0.15, -0.1) is 0 Å². The quantitative estimate of drug-likeness (QED) is 0.172. The molecule has 1 rings (SSSR count). The van der Waals surface area contributed by atoms with Crippen LogP contribution in [-0.2, 0) is 11.2 Å². The van der Waals surface area contributed by atoms with Crippen molar-refractivity contribution in [1.82, 2.24) is 0 Å². The van der Waals surface area contributed by atoms with Gasteiger partial charge in [-0.3, -0.25) is 4.79 Å². The summed E-state index contributed by atoms with van der Waals surface area (Å²) >= 11 is 0. The summed E-state index contributed by atoms with van der Waals surface area (Å²) in [6.45, 7) is 3.46. The van der Waals surface area contributed by atoms with Gasteiger partial charge in [0.1, 0.15) is 11.3 Å². The molecule has 1 aromatic rings. The van der Waals surface area contributed by atoms with E-state index in [0.29, 0.717) is 6.42 Å². The van der Waals surface area contributed by atoms with E-state index in [1.54, 1.807) is 12.1 Å². The summed E-state index contributed by atoms with van der Waals surface area (Å²) in [6, 6.07) is 5.07. The lowest BCUT2D eigenvalue weighted by Crippen LogP contribution is -2.10. The standard InChI is InChI=1S/C24H34O4/c1-3-4-5-6-7-8-9-10-11-12-13-14-15-17-21-18-16-19-22(28-20(2)25)23(21)24(26)27/h5-6,8-9,16,18-19H,3-4,7,10-15,17H2,1-2H3,(H,26,27). The lowest BCUT2D eigenvalue weighted by Gasteiger charge is -2.11. The van der Waals surface area contributed by atoms with Crippen molar-refractivity contribution in [2.24, 2.45) is 0 Å². The fraction of sp³-hybridized carbons (Fsp3) is 0.500. The van der Waals surface area contributed by atoms with Crippen molar-refractivity contribution in [3.05, 3.63) is 53.6 Å². The Morgan fingerprint density at radius 1 is 0.964 bits per heavy atom. The molecule has 4 heteroatoms. The van der Waals surface area contributed by atoms with Crippen LogP contribution in [0.2, 0.25) is 0 Å². The van der Waals surface area contributed by atoms with Crippen molar-refractivity contribution >= 4 is 11.9 Å². The maximum absolute atomic E-state index is 11.6. The summed E-state index contributed by atoms with van der Waals surface area (Å²) in [7, 11) is 0. The first-order valence-electron chi connectivity index (χ1n) is 10.4. The second-order valence-electron chi connectivity index (χ2n) is 6.96. The Hall–Kier alpha value is -2.36. The first-order chi connectivity index (χ1) is 13.6. The number of aryl methyl sites for hydroxylation is 1. The summed E-state index contributed by atoms with van der Waals surface area (Å²) in [5, 5.41) is 9.46. The van der Waals surface area contributed by atoms with Crippen LogP contribution < -0.4 is 4.74 Å². The predicted octanol–water partition coefficient (Wildman–Crippen LogP) is 6.50. The average molecular weight is 387 g/mol. The summed E-state index contributed by atoms with van der Waals surface area (Å²) in [4.78, 5) is 22.7. The van der Waals surface area contributed by atoms with E-state index in [2.05, 4.69) is 31.2 Å². The number of carbonyl (C=O) groups excluding carboxylic acids is 1. The summed E-state index contributed by atoms with van der Waals surface area (Å²) in [5.74, 6) is -1.43. The predicted molar refractivity (Wildman–Crippen MR) is 114 cm³/mol. The Morgan fingerprint density at radius 2 is 1.64 bits per heavy atom. The van der Waals surface area contributed by atoms with E-state index in [-0.39, 0.29) is 11.3 Å². The van der Waals surface area contributed by atoms with Crippen molar-refractivity contribution in [3.63, 3.8) is 0 Å². The summed E-state index contributed by atoms with van der Waals surface area (Å²) < 4.78 is 5.04. The van der Waals surface area contributed by atoms with Gasteiger partial charge in [0.15, 0.2) is 0 Å². The first kappa shape index (κ1) is 23.7. The number of carboxylic acid groups (broad SMARTS) is 1. The molecular weight excluding hydrogens is 352 g/mol. The number of rotatable bonds is 14. The lowest BCUT2D eigenvalue weighted by molar-refractivity contribution is -0.131.